The molecule has 0 bridgehead atoms. The van der Waals surface area contributed by atoms with Gasteiger partial charge in [0.15, 0.2) is 0 Å². The maximum atomic E-state index is 12.0. The lowest BCUT2D eigenvalue weighted by Crippen LogP contribution is -2.27. The molecule has 2 aromatic rings. The van der Waals surface area contributed by atoms with Crippen LogP contribution in [-0.2, 0) is 11.2 Å². The van der Waals surface area contributed by atoms with Crippen molar-refractivity contribution in [1.29, 1.82) is 0 Å². The molecule has 23 heavy (non-hydrogen) atoms. The number of benzene rings is 2. The second-order valence-electron chi connectivity index (χ2n) is 5.80. The average Bonchev–Trinajstić information content (AvgIpc) is 2.55. The van der Waals surface area contributed by atoms with Crippen LogP contribution in [0.2, 0.25) is 0 Å². The highest BCUT2D eigenvalue weighted by atomic mass is 16.5. The van der Waals surface area contributed by atoms with E-state index in [4.69, 9.17) is 4.74 Å². The van der Waals surface area contributed by atoms with Gasteiger partial charge in [-0.3, -0.25) is 4.79 Å². The van der Waals surface area contributed by atoms with Crippen LogP contribution >= 0.6 is 0 Å². The molecule has 3 heteroatoms. The van der Waals surface area contributed by atoms with Crippen molar-refractivity contribution in [2.45, 2.75) is 39.7 Å². The Balaban J connectivity index is 1.77. The van der Waals surface area contributed by atoms with Crippen LogP contribution in [0.3, 0.4) is 0 Å². The molecule has 0 aromatic heterocycles. The number of carbonyl (C=O) groups is 1. The van der Waals surface area contributed by atoms with Gasteiger partial charge in [0.25, 0.3) is 0 Å². The highest BCUT2D eigenvalue weighted by Gasteiger charge is 2.09. The van der Waals surface area contributed by atoms with E-state index < -0.39 is 0 Å². The van der Waals surface area contributed by atoms with Crippen LogP contribution < -0.4 is 10.1 Å². The van der Waals surface area contributed by atoms with E-state index in [9.17, 15) is 4.79 Å². The average molecular weight is 311 g/mol. The molecule has 0 aliphatic carbocycles. The molecule has 3 nitrogen and oxygen atoms in total. The minimum Gasteiger partial charge on any atom is -0.493 e. The molecule has 2 aromatic carbocycles. The van der Waals surface area contributed by atoms with E-state index in [2.05, 4.69) is 36.5 Å². The second-order valence-corrected chi connectivity index (χ2v) is 5.80. The third-order valence-electron chi connectivity index (χ3n) is 3.85. The summed E-state index contributed by atoms with van der Waals surface area (Å²) in [5, 5.41) is 3.01. The van der Waals surface area contributed by atoms with Crippen LogP contribution in [0.4, 0.5) is 0 Å². The predicted molar refractivity (Wildman–Crippen MR) is 93.7 cm³/mol. The standard InChI is InChI=1S/C20H25NO2/c1-4-17-8-10-18(11-9-17)16(3)21-20(22)12-13-23-19-7-5-6-15(2)14-19/h5-11,14,16H,4,12-13H2,1-3H3,(H,21,22). The molecule has 0 aliphatic rings. The predicted octanol–water partition coefficient (Wildman–Crippen LogP) is 4.20. The zero-order valence-electron chi connectivity index (χ0n) is 14.1. The number of ether oxygens (including phenoxy) is 1. The van der Waals surface area contributed by atoms with Gasteiger partial charge in [-0.15, -0.1) is 0 Å². The molecule has 2 rings (SSSR count). The molecule has 1 amide bonds. The minimum atomic E-state index is 0.00437. The van der Waals surface area contributed by atoms with Crippen molar-refractivity contribution in [3.63, 3.8) is 0 Å². The first-order valence-electron chi connectivity index (χ1n) is 8.16. The number of hydrogen-bond acceptors (Lipinski definition) is 2. The second kappa shape index (κ2) is 8.37. The summed E-state index contributed by atoms with van der Waals surface area (Å²) in [6.45, 7) is 6.54. The van der Waals surface area contributed by atoms with E-state index in [0.717, 1.165) is 23.3 Å². The molecule has 1 unspecified atom stereocenters. The fourth-order valence-electron chi connectivity index (χ4n) is 2.41. The van der Waals surface area contributed by atoms with Gasteiger partial charge in [0.1, 0.15) is 5.75 Å². The van der Waals surface area contributed by atoms with Gasteiger partial charge in [-0.05, 0) is 49.1 Å². The fourth-order valence-corrected chi connectivity index (χ4v) is 2.41. The van der Waals surface area contributed by atoms with Crippen molar-refractivity contribution in [1.82, 2.24) is 5.32 Å². The van der Waals surface area contributed by atoms with E-state index in [1.165, 1.54) is 5.56 Å². The summed E-state index contributed by atoms with van der Waals surface area (Å²) < 4.78 is 5.61. The molecule has 1 N–H and O–H groups in total. The first kappa shape index (κ1) is 17.1. The normalized spacial score (nSPS) is 11.8. The molecule has 122 valence electrons. The quantitative estimate of drug-likeness (QED) is 0.832. The Morgan fingerprint density at radius 3 is 2.57 bits per heavy atom. The van der Waals surface area contributed by atoms with Crippen molar-refractivity contribution in [2.75, 3.05) is 6.61 Å². The topological polar surface area (TPSA) is 38.3 Å². The van der Waals surface area contributed by atoms with Gasteiger partial charge in [-0.25, -0.2) is 0 Å². The van der Waals surface area contributed by atoms with Crippen molar-refractivity contribution in [3.8, 4) is 5.75 Å². The maximum Gasteiger partial charge on any atom is 0.223 e. The Morgan fingerprint density at radius 1 is 1.17 bits per heavy atom. The van der Waals surface area contributed by atoms with Crippen molar-refractivity contribution in [2.24, 2.45) is 0 Å². The number of nitrogens with one attached hydrogen (secondary N) is 1. The first-order chi connectivity index (χ1) is 11.1. The molecule has 0 heterocycles. The van der Waals surface area contributed by atoms with Crippen LogP contribution in [0.5, 0.6) is 5.75 Å². The number of amides is 1. The van der Waals surface area contributed by atoms with Crippen LogP contribution in [0.15, 0.2) is 48.5 Å². The summed E-state index contributed by atoms with van der Waals surface area (Å²) in [6.07, 6.45) is 1.38. The monoisotopic (exact) mass is 311 g/mol. The van der Waals surface area contributed by atoms with Crippen LogP contribution in [0, 0.1) is 6.92 Å². The van der Waals surface area contributed by atoms with Gasteiger partial charge in [0.05, 0.1) is 19.1 Å². The Morgan fingerprint density at radius 2 is 1.91 bits per heavy atom. The van der Waals surface area contributed by atoms with Crippen LogP contribution in [-0.4, -0.2) is 12.5 Å². The van der Waals surface area contributed by atoms with Gasteiger partial charge in [0.2, 0.25) is 5.91 Å². The zero-order valence-corrected chi connectivity index (χ0v) is 14.1. The molecule has 0 spiro atoms. The summed E-state index contributed by atoms with van der Waals surface area (Å²) in [5.74, 6) is 0.811. The van der Waals surface area contributed by atoms with E-state index in [-0.39, 0.29) is 11.9 Å². The fraction of sp³-hybridized carbons (Fsp3) is 0.350. The van der Waals surface area contributed by atoms with Gasteiger partial charge < -0.3 is 10.1 Å². The van der Waals surface area contributed by atoms with Crippen LogP contribution in [0.1, 0.15) is 43.0 Å². The Hall–Kier alpha value is -2.29. The van der Waals surface area contributed by atoms with E-state index in [0.29, 0.717) is 13.0 Å². The van der Waals surface area contributed by atoms with Crippen LogP contribution in [0.25, 0.3) is 0 Å². The summed E-state index contributed by atoms with van der Waals surface area (Å²) in [6, 6.07) is 16.2. The Labute approximate surface area is 138 Å². The van der Waals surface area contributed by atoms with E-state index in [1.807, 2.05) is 38.1 Å². The maximum absolute atomic E-state index is 12.0. The third-order valence-corrected chi connectivity index (χ3v) is 3.85. The molecule has 0 aliphatic heterocycles. The smallest absolute Gasteiger partial charge is 0.223 e. The molecule has 0 radical (unpaired) electrons. The molecule has 0 saturated carbocycles. The summed E-state index contributed by atoms with van der Waals surface area (Å²) in [7, 11) is 0. The highest BCUT2D eigenvalue weighted by Crippen LogP contribution is 2.15. The summed E-state index contributed by atoms with van der Waals surface area (Å²) in [4.78, 5) is 12.0. The molecule has 0 fully saturated rings. The zero-order chi connectivity index (χ0) is 16.7. The number of rotatable bonds is 7. The molecule has 0 saturated heterocycles. The Bertz CT molecular complexity index is 634. The SMILES string of the molecule is CCc1ccc(C(C)NC(=O)CCOc2cccc(C)c2)cc1. The van der Waals surface area contributed by atoms with E-state index in [1.54, 1.807) is 0 Å². The van der Waals surface area contributed by atoms with Crippen molar-refractivity contribution < 1.29 is 9.53 Å². The minimum absolute atomic E-state index is 0.00437. The Kier molecular flexibility index (Phi) is 6.21. The van der Waals surface area contributed by atoms with Gasteiger partial charge in [-0.1, -0.05) is 43.3 Å². The first-order valence-corrected chi connectivity index (χ1v) is 8.16. The lowest BCUT2D eigenvalue weighted by molar-refractivity contribution is -0.122. The molecule has 1 atom stereocenters. The number of aryl methyl sites for hydroxylation is 2. The number of hydrogen-bond donors (Lipinski definition) is 1. The van der Waals surface area contributed by atoms with Crippen molar-refractivity contribution in [3.05, 3.63) is 65.2 Å². The highest BCUT2D eigenvalue weighted by molar-refractivity contribution is 5.76. The van der Waals surface area contributed by atoms with Crippen molar-refractivity contribution >= 4 is 5.91 Å². The lowest BCUT2D eigenvalue weighted by Gasteiger charge is -2.15. The summed E-state index contributed by atoms with van der Waals surface area (Å²) in [5.41, 5.74) is 3.57. The number of carbonyl (C=O) groups excluding carboxylic acids is 1. The van der Waals surface area contributed by atoms with Gasteiger partial charge in [0, 0.05) is 0 Å². The van der Waals surface area contributed by atoms with E-state index >= 15 is 0 Å². The largest absolute Gasteiger partial charge is 0.493 e. The van der Waals surface area contributed by atoms with Gasteiger partial charge >= 0.3 is 0 Å². The third kappa shape index (κ3) is 5.44. The summed E-state index contributed by atoms with van der Waals surface area (Å²) >= 11 is 0. The van der Waals surface area contributed by atoms with Gasteiger partial charge in [-0.2, -0.15) is 0 Å². The molecular weight excluding hydrogens is 286 g/mol. The molecular formula is C20H25NO2. The lowest BCUT2D eigenvalue weighted by atomic mass is 10.0.